The largest absolute Gasteiger partial charge is 0.452 e. The third kappa shape index (κ3) is 3.55. The maximum Gasteiger partial charge on any atom is 0.340 e. The molecule has 2 N–H and O–H groups in total. The molecule has 5 nitrogen and oxygen atoms in total. The van der Waals surface area contributed by atoms with E-state index < -0.39 is 5.97 Å². The maximum absolute atomic E-state index is 12.2. The van der Waals surface area contributed by atoms with Gasteiger partial charge in [0, 0.05) is 23.1 Å². The number of nitrogens with one attached hydrogen (secondary N) is 2. The molecule has 1 aliphatic carbocycles. The highest BCUT2D eigenvalue weighted by atomic mass is 16.5. The molecule has 122 valence electrons. The molecule has 0 unspecified atom stereocenters. The molecule has 0 radical (unpaired) electrons. The fraction of sp³-hybridized carbons (Fsp3) is 0.444. The Morgan fingerprint density at radius 1 is 1.26 bits per heavy atom. The summed E-state index contributed by atoms with van der Waals surface area (Å²) in [4.78, 5) is 27.2. The lowest BCUT2D eigenvalue weighted by Gasteiger charge is -2.29. The molecule has 0 aliphatic heterocycles. The van der Waals surface area contributed by atoms with Gasteiger partial charge in [0.05, 0.1) is 5.56 Å². The van der Waals surface area contributed by atoms with Crippen LogP contribution in [0.15, 0.2) is 30.5 Å². The number of hydrogen-bond donors (Lipinski definition) is 2. The van der Waals surface area contributed by atoms with Gasteiger partial charge in [-0.25, -0.2) is 4.79 Å². The number of para-hydroxylation sites is 1. The Bertz CT molecular complexity index is 707. The lowest BCUT2D eigenvalue weighted by Crippen LogP contribution is -2.42. The average molecular weight is 314 g/mol. The fourth-order valence-corrected chi connectivity index (χ4v) is 3.23. The van der Waals surface area contributed by atoms with Gasteiger partial charge in [0.15, 0.2) is 6.61 Å². The number of carbonyl (C=O) groups excluding carboxylic acids is 2. The second kappa shape index (κ2) is 6.86. The number of amides is 1. The quantitative estimate of drug-likeness (QED) is 0.852. The molecule has 1 heterocycles. The Balaban J connectivity index is 1.55. The molecule has 23 heavy (non-hydrogen) atoms. The van der Waals surface area contributed by atoms with Crippen molar-refractivity contribution in [1.82, 2.24) is 10.3 Å². The Hall–Kier alpha value is -2.30. The van der Waals surface area contributed by atoms with Gasteiger partial charge in [-0.05, 0) is 24.8 Å². The van der Waals surface area contributed by atoms with Crippen LogP contribution in [0.2, 0.25) is 0 Å². The zero-order valence-electron chi connectivity index (χ0n) is 13.3. The molecule has 1 aromatic carbocycles. The summed E-state index contributed by atoms with van der Waals surface area (Å²) >= 11 is 0. The van der Waals surface area contributed by atoms with Gasteiger partial charge in [0.25, 0.3) is 5.91 Å². The van der Waals surface area contributed by atoms with Crippen LogP contribution in [0.5, 0.6) is 0 Å². The minimum absolute atomic E-state index is 0.197. The smallest absolute Gasteiger partial charge is 0.340 e. The van der Waals surface area contributed by atoms with E-state index in [4.69, 9.17) is 4.74 Å². The van der Waals surface area contributed by atoms with E-state index in [2.05, 4.69) is 17.2 Å². The fourth-order valence-electron chi connectivity index (χ4n) is 3.23. The number of benzene rings is 1. The highest BCUT2D eigenvalue weighted by Crippen LogP contribution is 2.23. The lowest BCUT2D eigenvalue weighted by molar-refractivity contribution is -0.125. The first-order valence-corrected chi connectivity index (χ1v) is 8.18. The number of carbonyl (C=O) groups is 2. The van der Waals surface area contributed by atoms with Crippen LogP contribution in [0.25, 0.3) is 10.9 Å². The molecule has 2 aromatic rings. The van der Waals surface area contributed by atoms with Crippen LogP contribution in [0, 0.1) is 5.92 Å². The first kappa shape index (κ1) is 15.6. The first-order chi connectivity index (χ1) is 11.1. The van der Waals surface area contributed by atoms with Crippen molar-refractivity contribution >= 4 is 22.8 Å². The Labute approximate surface area is 135 Å². The van der Waals surface area contributed by atoms with Gasteiger partial charge in [-0.15, -0.1) is 0 Å². The molecule has 0 bridgehead atoms. The van der Waals surface area contributed by atoms with E-state index in [1.165, 1.54) is 6.42 Å². The SMILES string of the molecule is C[C@@H]1CCCC[C@H]1NC(=O)COC(=O)c1c[nH]c2ccccc12. The normalized spacial score (nSPS) is 21.1. The minimum atomic E-state index is -0.478. The minimum Gasteiger partial charge on any atom is -0.452 e. The molecule has 2 atom stereocenters. The summed E-state index contributed by atoms with van der Waals surface area (Å²) < 4.78 is 5.16. The molecular formula is C18H22N2O3. The monoisotopic (exact) mass is 314 g/mol. The van der Waals surface area contributed by atoms with Gasteiger partial charge < -0.3 is 15.0 Å². The average Bonchev–Trinajstić information content (AvgIpc) is 2.99. The molecule has 1 aliphatic rings. The number of esters is 1. The van der Waals surface area contributed by atoms with Crippen LogP contribution in [0.3, 0.4) is 0 Å². The van der Waals surface area contributed by atoms with Gasteiger partial charge in [0.1, 0.15) is 0 Å². The van der Waals surface area contributed by atoms with Crippen LogP contribution < -0.4 is 5.32 Å². The highest BCUT2D eigenvalue weighted by molar-refractivity contribution is 6.04. The van der Waals surface area contributed by atoms with Gasteiger partial charge in [-0.3, -0.25) is 4.79 Å². The van der Waals surface area contributed by atoms with Crippen molar-refractivity contribution in [2.45, 2.75) is 38.6 Å². The van der Waals surface area contributed by atoms with Crippen LogP contribution in [-0.2, 0) is 9.53 Å². The molecule has 1 amide bonds. The van der Waals surface area contributed by atoms with Crippen molar-refractivity contribution in [3.8, 4) is 0 Å². The summed E-state index contributed by atoms with van der Waals surface area (Å²) in [7, 11) is 0. The topological polar surface area (TPSA) is 71.2 Å². The number of ether oxygens (including phenoxy) is 1. The molecule has 0 spiro atoms. The lowest BCUT2D eigenvalue weighted by atomic mass is 9.86. The number of aromatic amines is 1. The summed E-state index contributed by atoms with van der Waals surface area (Å²) in [6.07, 6.45) is 6.13. The molecular weight excluding hydrogens is 292 g/mol. The number of H-pyrrole nitrogens is 1. The number of aromatic nitrogens is 1. The zero-order chi connectivity index (χ0) is 16.2. The van der Waals surface area contributed by atoms with Crippen molar-refractivity contribution in [1.29, 1.82) is 0 Å². The molecule has 1 aromatic heterocycles. The van der Waals surface area contributed by atoms with Gasteiger partial charge in [-0.1, -0.05) is 38.0 Å². The molecule has 0 saturated heterocycles. The van der Waals surface area contributed by atoms with Crippen molar-refractivity contribution in [2.75, 3.05) is 6.61 Å². The third-order valence-electron chi connectivity index (χ3n) is 4.60. The summed E-state index contributed by atoms with van der Waals surface area (Å²) in [5, 5.41) is 3.79. The second-order valence-electron chi connectivity index (χ2n) is 6.26. The van der Waals surface area contributed by atoms with E-state index in [-0.39, 0.29) is 18.6 Å². The predicted octanol–water partition coefficient (Wildman–Crippen LogP) is 3.02. The summed E-state index contributed by atoms with van der Waals surface area (Å²) in [5.41, 5.74) is 1.33. The van der Waals surface area contributed by atoms with Crippen LogP contribution in [0.4, 0.5) is 0 Å². The van der Waals surface area contributed by atoms with E-state index in [0.717, 1.165) is 30.2 Å². The molecule has 3 rings (SSSR count). The Morgan fingerprint density at radius 2 is 2.04 bits per heavy atom. The van der Waals surface area contributed by atoms with Crippen LogP contribution >= 0.6 is 0 Å². The highest BCUT2D eigenvalue weighted by Gasteiger charge is 2.23. The first-order valence-electron chi connectivity index (χ1n) is 8.18. The van der Waals surface area contributed by atoms with Crippen LogP contribution in [-0.4, -0.2) is 29.5 Å². The van der Waals surface area contributed by atoms with E-state index in [1.54, 1.807) is 6.20 Å². The standard InChI is InChI=1S/C18H22N2O3/c1-12-6-2-4-8-15(12)20-17(21)11-23-18(22)14-10-19-16-9-5-3-7-13(14)16/h3,5,7,9-10,12,15,19H,2,4,6,8,11H2,1H3,(H,20,21)/t12-,15-/m1/s1. The molecule has 1 fully saturated rings. The van der Waals surface area contributed by atoms with Crippen molar-refractivity contribution in [3.63, 3.8) is 0 Å². The van der Waals surface area contributed by atoms with Gasteiger partial charge >= 0.3 is 5.97 Å². The number of fused-ring (bicyclic) bond motifs is 1. The van der Waals surface area contributed by atoms with Crippen molar-refractivity contribution < 1.29 is 14.3 Å². The molecule has 5 heteroatoms. The van der Waals surface area contributed by atoms with E-state index in [0.29, 0.717) is 11.5 Å². The van der Waals surface area contributed by atoms with Crippen molar-refractivity contribution in [2.24, 2.45) is 5.92 Å². The summed E-state index contributed by atoms with van der Waals surface area (Å²) in [6, 6.07) is 7.70. The Morgan fingerprint density at radius 3 is 2.87 bits per heavy atom. The van der Waals surface area contributed by atoms with Crippen LogP contribution in [0.1, 0.15) is 43.0 Å². The van der Waals surface area contributed by atoms with Gasteiger partial charge in [-0.2, -0.15) is 0 Å². The predicted molar refractivity (Wildman–Crippen MR) is 88.1 cm³/mol. The number of hydrogen-bond acceptors (Lipinski definition) is 3. The third-order valence-corrected chi connectivity index (χ3v) is 4.60. The van der Waals surface area contributed by atoms with Crippen molar-refractivity contribution in [3.05, 3.63) is 36.0 Å². The zero-order valence-corrected chi connectivity index (χ0v) is 13.3. The number of rotatable bonds is 4. The van der Waals surface area contributed by atoms with E-state index in [9.17, 15) is 9.59 Å². The second-order valence-corrected chi connectivity index (χ2v) is 6.26. The summed E-state index contributed by atoms with van der Waals surface area (Å²) in [6.45, 7) is 1.92. The van der Waals surface area contributed by atoms with Gasteiger partial charge in [0.2, 0.25) is 0 Å². The summed E-state index contributed by atoms with van der Waals surface area (Å²) in [5.74, 6) is -0.219. The molecule has 1 saturated carbocycles. The maximum atomic E-state index is 12.2. The Kier molecular flexibility index (Phi) is 4.65. The van der Waals surface area contributed by atoms with E-state index >= 15 is 0 Å². The van der Waals surface area contributed by atoms with E-state index in [1.807, 2.05) is 24.3 Å².